The number of thiocarbonyl (C=S) groups is 1. The van der Waals surface area contributed by atoms with Crippen LogP contribution in [-0.4, -0.2) is 12.2 Å². The van der Waals surface area contributed by atoms with Crippen LogP contribution in [0.2, 0.25) is 0 Å². The van der Waals surface area contributed by atoms with Gasteiger partial charge in [0.05, 0.1) is 10.9 Å². The third-order valence-electron chi connectivity index (χ3n) is 3.45. The van der Waals surface area contributed by atoms with E-state index < -0.39 is 0 Å². The minimum absolute atomic E-state index is 0.304. The molecule has 0 saturated carbocycles. The zero-order chi connectivity index (χ0) is 15.2. The second-order valence-corrected chi connectivity index (χ2v) is 5.10. The Labute approximate surface area is 130 Å². The van der Waals surface area contributed by atoms with Gasteiger partial charge in [-0.3, -0.25) is 0 Å². The monoisotopic (exact) mass is 294 g/mol. The first-order valence-electron chi connectivity index (χ1n) is 6.80. The van der Waals surface area contributed by atoms with Crippen LogP contribution in [0.5, 0.6) is 0 Å². The van der Waals surface area contributed by atoms with E-state index >= 15 is 0 Å². The molecule has 0 aliphatic heterocycles. The van der Waals surface area contributed by atoms with Crippen molar-refractivity contribution in [1.82, 2.24) is 0 Å². The Kier molecular flexibility index (Phi) is 5.04. The van der Waals surface area contributed by atoms with E-state index in [9.17, 15) is 0 Å². The molecule has 106 valence electrons. The first kappa shape index (κ1) is 15.2. The average Bonchev–Trinajstić information content (AvgIpc) is 2.48. The molecule has 0 bridgehead atoms. The summed E-state index contributed by atoms with van der Waals surface area (Å²) in [5.41, 5.74) is 3.17. The average molecular weight is 294 g/mol. The van der Waals surface area contributed by atoms with E-state index in [1.54, 1.807) is 0 Å². The van der Waals surface area contributed by atoms with Crippen LogP contribution in [-0.2, 0) is 0 Å². The molecule has 2 nitrogen and oxygen atoms in total. The highest BCUT2D eigenvalue weighted by molar-refractivity contribution is 7.78. The molecule has 0 amide bonds. The maximum atomic E-state index is 4.63. The van der Waals surface area contributed by atoms with E-state index in [0.29, 0.717) is 5.92 Å². The number of nitrogens with zero attached hydrogens (tertiary/aromatic N) is 1. The van der Waals surface area contributed by atoms with E-state index in [0.717, 1.165) is 21.8 Å². The summed E-state index contributed by atoms with van der Waals surface area (Å²) in [6.07, 6.45) is 10.3. The molecule has 0 radical (unpaired) electrons. The van der Waals surface area contributed by atoms with Gasteiger partial charge in [-0.1, -0.05) is 43.9 Å². The highest BCUT2D eigenvalue weighted by atomic mass is 32.1. The van der Waals surface area contributed by atoms with Gasteiger partial charge in [0, 0.05) is 18.7 Å². The first-order chi connectivity index (χ1) is 10.1. The first-order valence-corrected chi connectivity index (χ1v) is 7.21. The highest BCUT2D eigenvalue weighted by Crippen LogP contribution is 2.22. The Morgan fingerprint density at radius 1 is 1.33 bits per heavy atom. The minimum Gasteiger partial charge on any atom is -0.388 e. The van der Waals surface area contributed by atoms with Crippen molar-refractivity contribution >= 4 is 35.7 Å². The molecule has 2 rings (SSSR count). The summed E-state index contributed by atoms with van der Waals surface area (Å²) >= 11 is 4.63. The molecular weight excluding hydrogens is 276 g/mol. The lowest BCUT2D eigenvalue weighted by atomic mass is 9.94. The predicted molar refractivity (Wildman–Crippen MR) is 94.7 cm³/mol. The summed E-state index contributed by atoms with van der Waals surface area (Å²) in [4.78, 5) is 4.00. The Balaban J connectivity index is 2.30. The topological polar surface area (TPSA) is 24.4 Å². The highest BCUT2D eigenvalue weighted by Gasteiger charge is 2.08. The fraction of sp³-hybridized carbons (Fsp3) is 0.167. The number of benzene rings is 1. The Morgan fingerprint density at radius 3 is 2.76 bits per heavy atom. The minimum atomic E-state index is 0.304. The van der Waals surface area contributed by atoms with Crippen molar-refractivity contribution in [3.8, 4) is 0 Å². The molecule has 1 aromatic carbocycles. The van der Waals surface area contributed by atoms with Gasteiger partial charge in [0.2, 0.25) is 0 Å². The van der Waals surface area contributed by atoms with Gasteiger partial charge < -0.3 is 5.32 Å². The number of rotatable bonds is 3. The Morgan fingerprint density at radius 2 is 2.14 bits per heavy atom. The SMILES string of the molecule is C=c1cc(NC)ccc1=CC=C1C=CC(N=C=S)=CC1C. The third-order valence-corrected chi connectivity index (χ3v) is 3.55. The van der Waals surface area contributed by atoms with Gasteiger partial charge in [-0.25, -0.2) is 0 Å². The zero-order valence-corrected chi connectivity index (χ0v) is 13.1. The van der Waals surface area contributed by atoms with Crippen molar-refractivity contribution in [3.05, 3.63) is 64.2 Å². The molecule has 0 heterocycles. The molecule has 1 aliphatic carbocycles. The second kappa shape index (κ2) is 6.98. The number of isothiocyanates is 1. The van der Waals surface area contributed by atoms with Gasteiger partial charge in [0.15, 0.2) is 0 Å². The van der Waals surface area contributed by atoms with Crippen LogP contribution in [0.25, 0.3) is 12.7 Å². The lowest BCUT2D eigenvalue weighted by Crippen LogP contribution is -2.22. The molecule has 3 heteroatoms. The zero-order valence-electron chi connectivity index (χ0n) is 12.3. The third kappa shape index (κ3) is 3.88. The molecule has 1 N–H and O–H groups in total. The van der Waals surface area contributed by atoms with Crippen molar-refractivity contribution in [2.24, 2.45) is 10.9 Å². The number of hydrogen-bond donors (Lipinski definition) is 1. The molecule has 1 aliphatic rings. The molecule has 1 aromatic rings. The summed E-state index contributed by atoms with van der Waals surface area (Å²) in [6, 6.07) is 6.15. The molecular formula is C18H18N2S. The molecule has 1 unspecified atom stereocenters. The Bertz CT molecular complexity index is 778. The van der Waals surface area contributed by atoms with Crippen molar-refractivity contribution in [2.45, 2.75) is 6.92 Å². The van der Waals surface area contributed by atoms with Crippen LogP contribution in [0.4, 0.5) is 5.69 Å². The van der Waals surface area contributed by atoms with Crippen LogP contribution in [0, 0.1) is 5.92 Å². The summed E-state index contributed by atoms with van der Waals surface area (Å²) < 4.78 is 0. The van der Waals surface area contributed by atoms with Crippen LogP contribution in [0.1, 0.15) is 6.92 Å². The van der Waals surface area contributed by atoms with E-state index in [2.05, 4.69) is 71.6 Å². The van der Waals surface area contributed by atoms with Crippen LogP contribution >= 0.6 is 12.2 Å². The summed E-state index contributed by atoms with van der Waals surface area (Å²) in [5.74, 6) is 0.304. The summed E-state index contributed by atoms with van der Waals surface area (Å²) in [6.45, 7) is 6.22. The van der Waals surface area contributed by atoms with E-state index in [-0.39, 0.29) is 0 Å². The van der Waals surface area contributed by atoms with Gasteiger partial charge in [0.1, 0.15) is 0 Å². The van der Waals surface area contributed by atoms with Gasteiger partial charge in [-0.15, -0.1) is 0 Å². The Hall–Kier alpha value is -2.22. The maximum Gasteiger partial charge on any atom is 0.0705 e. The fourth-order valence-electron chi connectivity index (χ4n) is 2.19. The van der Waals surface area contributed by atoms with Crippen LogP contribution < -0.4 is 15.8 Å². The summed E-state index contributed by atoms with van der Waals surface area (Å²) in [5, 5.41) is 7.63. The molecule has 1 atom stereocenters. The normalized spacial score (nSPS) is 20.1. The lowest BCUT2D eigenvalue weighted by molar-refractivity contribution is 0.871. The van der Waals surface area contributed by atoms with Crippen molar-refractivity contribution in [2.75, 3.05) is 12.4 Å². The number of hydrogen-bond acceptors (Lipinski definition) is 3. The predicted octanol–water partition coefficient (Wildman–Crippen LogP) is 3.04. The van der Waals surface area contributed by atoms with E-state index in [1.165, 1.54) is 5.57 Å². The molecule has 0 spiro atoms. The smallest absolute Gasteiger partial charge is 0.0705 e. The number of allylic oxidation sites excluding steroid dienone is 5. The van der Waals surface area contributed by atoms with Gasteiger partial charge >= 0.3 is 0 Å². The van der Waals surface area contributed by atoms with Gasteiger partial charge in [0.25, 0.3) is 0 Å². The quantitative estimate of drug-likeness (QED) is 0.684. The van der Waals surface area contributed by atoms with Crippen molar-refractivity contribution in [1.29, 1.82) is 0 Å². The van der Waals surface area contributed by atoms with E-state index in [1.807, 2.05) is 25.3 Å². The lowest BCUT2D eigenvalue weighted by Gasteiger charge is -2.12. The van der Waals surface area contributed by atoms with Gasteiger partial charge in [-0.05, 0) is 46.4 Å². The molecule has 0 aromatic heterocycles. The van der Waals surface area contributed by atoms with Crippen LogP contribution in [0.3, 0.4) is 0 Å². The summed E-state index contributed by atoms with van der Waals surface area (Å²) in [7, 11) is 1.90. The number of nitrogens with one attached hydrogen (secondary N) is 1. The molecule has 0 saturated heterocycles. The van der Waals surface area contributed by atoms with Crippen LogP contribution in [0.15, 0.2) is 58.8 Å². The number of anilines is 1. The largest absolute Gasteiger partial charge is 0.388 e. The second-order valence-electron chi connectivity index (χ2n) is 4.91. The fourth-order valence-corrected chi connectivity index (χ4v) is 2.29. The number of aliphatic imine (C=N–C) groups is 1. The maximum absolute atomic E-state index is 4.63. The van der Waals surface area contributed by atoms with E-state index in [4.69, 9.17) is 0 Å². The van der Waals surface area contributed by atoms with Crippen molar-refractivity contribution < 1.29 is 0 Å². The molecule has 0 fully saturated rings. The van der Waals surface area contributed by atoms with Crippen molar-refractivity contribution in [3.63, 3.8) is 0 Å². The molecule has 21 heavy (non-hydrogen) atoms. The van der Waals surface area contributed by atoms with Gasteiger partial charge in [-0.2, -0.15) is 4.99 Å². The standard InChI is InChI=1S/C18H18N2S/c1-13-10-17(19-3)8-6-15(13)4-5-16-7-9-18(20-12-21)11-14(16)2/h4-11,14,19H,1H2,2-3H3.